The zero-order valence-corrected chi connectivity index (χ0v) is 12.8. The standard InChI is InChI=1S/C15H29N3O2/c1-2-3-12-20-15(19)18-8-4-14(5-9-18)13-17-10-6-16-7-11-17/h14,16H,2-13H2,1H3. The van der Waals surface area contributed by atoms with Crippen molar-refractivity contribution in [1.82, 2.24) is 15.1 Å². The fraction of sp³-hybridized carbons (Fsp3) is 0.933. The van der Waals surface area contributed by atoms with Crippen molar-refractivity contribution in [2.75, 3.05) is 52.4 Å². The summed E-state index contributed by atoms with van der Waals surface area (Å²) in [5.41, 5.74) is 0. The predicted molar refractivity (Wildman–Crippen MR) is 79.9 cm³/mol. The lowest BCUT2D eigenvalue weighted by atomic mass is 9.96. The summed E-state index contributed by atoms with van der Waals surface area (Å²) in [7, 11) is 0. The van der Waals surface area contributed by atoms with Crippen LogP contribution in [0.15, 0.2) is 0 Å². The molecule has 5 heteroatoms. The molecule has 0 saturated carbocycles. The van der Waals surface area contributed by atoms with Crippen LogP contribution in [-0.2, 0) is 4.74 Å². The van der Waals surface area contributed by atoms with Crippen LogP contribution < -0.4 is 5.32 Å². The number of amides is 1. The quantitative estimate of drug-likeness (QED) is 0.777. The summed E-state index contributed by atoms with van der Waals surface area (Å²) in [6, 6.07) is 0. The van der Waals surface area contributed by atoms with E-state index < -0.39 is 0 Å². The highest BCUT2D eigenvalue weighted by atomic mass is 16.6. The molecule has 2 rings (SSSR count). The van der Waals surface area contributed by atoms with Gasteiger partial charge in [-0.25, -0.2) is 4.79 Å². The van der Waals surface area contributed by atoms with Gasteiger partial charge in [0.2, 0.25) is 0 Å². The van der Waals surface area contributed by atoms with Gasteiger partial charge in [0, 0.05) is 45.8 Å². The first-order valence-corrected chi connectivity index (χ1v) is 8.14. The molecule has 2 saturated heterocycles. The van der Waals surface area contributed by atoms with E-state index in [4.69, 9.17) is 4.74 Å². The summed E-state index contributed by atoms with van der Waals surface area (Å²) >= 11 is 0. The number of carbonyl (C=O) groups excluding carboxylic acids is 1. The molecule has 0 bridgehead atoms. The Kier molecular flexibility index (Phi) is 6.60. The van der Waals surface area contributed by atoms with Gasteiger partial charge in [-0.2, -0.15) is 0 Å². The minimum absolute atomic E-state index is 0.112. The van der Waals surface area contributed by atoms with Crippen LogP contribution in [0.2, 0.25) is 0 Å². The van der Waals surface area contributed by atoms with Gasteiger partial charge in [0.05, 0.1) is 6.61 Å². The second kappa shape index (κ2) is 8.47. The second-order valence-corrected chi connectivity index (χ2v) is 5.95. The highest BCUT2D eigenvalue weighted by Crippen LogP contribution is 2.19. The molecule has 2 fully saturated rings. The van der Waals surface area contributed by atoms with Crippen LogP contribution in [0.5, 0.6) is 0 Å². The van der Waals surface area contributed by atoms with Gasteiger partial charge in [0.1, 0.15) is 0 Å². The third kappa shape index (κ3) is 4.94. The molecule has 0 aromatic carbocycles. The normalized spacial score (nSPS) is 21.9. The first-order valence-electron chi connectivity index (χ1n) is 8.14. The van der Waals surface area contributed by atoms with Crippen molar-refractivity contribution in [3.8, 4) is 0 Å². The van der Waals surface area contributed by atoms with Gasteiger partial charge in [-0.3, -0.25) is 0 Å². The van der Waals surface area contributed by atoms with Crippen molar-refractivity contribution in [3.05, 3.63) is 0 Å². The lowest BCUT2D eigenvalue weighted by Gasteiger charge is -2.35. The molecule has 0 spiro atoms. The Morgan fingerprint density at radius 3 is 2.55 bits per heavy atom. The lowest BCUT2D eigenvalue weighted by molar-refractivity contribution is 0.0802. The van der Waals surface area contributed by atoms with Crippen molar-refractivity contribution in [1.29, 1.82) is 0 Å². The largest absolute Gasteiger partial charge is 0.449 e. The Balaban J connectivity index is 1.62. The van der Waals surface area contributed by atoms with Crippen LogP contribution in [0, 0.1) is 5.92 Å². The highest BCUT2D eigenvalue weighted by Gasteiger charge is 2.25. The van der Waals surface area contributed by atoms with E-state index in [1.807, 2.05) is 4.90 Å². The zero-order valence-electron chi connectivity index (χ0n) is 12.8. The van der Waals surface area contributed by atoms with E-state index in [0.29, 0.717) is 6.61 Å². The molecule has 0 atom stereocenters. The van der Waals surface area contributed by atoms with Crippen molar-refractivity contribution in [2.45, 2.75) is 32.6 Å². The lowest BCUT2D eigenvalue weighted by Crippen LogP contribution is -2.47. The van der Waals surface area contributed by atoms with Gasteiger partial charge in [-0.05, 0) is 25.2 Å². The average molecular weight is 283 g/mol. The highest BCUT2D eigenvalue weighted by molar-refractivity contribution is 5.67. The summed E-state index contributed by atoms with van der Waals surface area (Å²) in [5.74, 6) is 0.743. The van der Waals surface area contributed by atoms with Crippen LogP contribution >= 0.6 is 0 Å². The summed E-state index contributed by atoms with van der Waals surface area (Å²) in [5, 5.41) is 3.39. The molecule has 116 valence electrons. The average Bonchev–Trinajstić information content (AvgIpc) is 2.49. The number of nitrogens with one attached hydrogen (secondary N) is 1. The Morgan fingerprint density at radius 2 is 1.90 bits per heavy atom. The number of piperidine rings is 1. The number of piperazine rings is 1. The first-order chi connectivity index (χ1) is 9.79. The maximum absolute atomic E-state index is 11.9. The van der Waals surface area contributed by atoms with E-state index in [2.05, 4.69) is 17.1 Å². The van der Waals surface area contributed by atoms with Gasteiger partial charge < -0.3 is 19.9 Å². The van der Waals surface area contributed by atoms with Crippen LogP contribution in [0.25, 0.3) is 0 Å². The molecule has 0 radical (unpaired) electrons. The van der Waals surface area contributed by atoms with Gasteiger partial charge >= 0.3 is 6.09 Å². The topological polar surface area (TPSA) is 44.8 Å². The molecule has 20 heavy (non-hydrogen) atoms. The number of carbonyl (C=O) groups is 1. The predicted octanol–water partition coefficient (Wildman–Crippen LogP) is 1.54. The molecule has 2 heterocycles. The number of likely N-dealkylation sites (tertiary alicyclic amines) is 1. The van der Waals surface area contributed by atoms with Crippen LogP contribution in [0.4, 0.5) is 4.79 Å². The van der Waals surface area contributed by atoms with Crippen LogP contribution in [0.1, 0.15) is 32.6 Å². The molecule has 0 aliphatic carbocycles. The van der Waals surface area contributed by atoms with Crippen molar-refractivity contribution < 1.29 is 9.53 Å². The summed E-state index contributed by atoms with van der Waals surface area (Å²) in [4.78, 5) is 16.3. The number of rotatable bonds is 5. The van der Waals surface area contributed by atoms with Crippen LogP contribution in [-0.4, -0.2) is 68.3 Å². The third-order valence-electron chi connectivity index (χ3n) is 4.32. The van der Waals surface area contributed by atoms with Crippen molar-refractivity contribution in [3.63, 3.8) is 0 Å². The summed E-state index contributed by atoms with van der Waals surface area (Å²) in [6.07, 6.45) is 4.16. The first kappa shape index (κ1) is 15.6. The maximum atomic E-state index is 11.9. The van der Waals surface area contributed by atoms with E-state index in [0.717, 1.165) is 57.8 Å². The summed E-state index contributed by atoms with van der Waals surface area (Å²) < 4.78 is 5.28. The minimum Gasteiger partial charge on any atom is -0.449 e. The molecule has 2 aliphatic heterocycles. The number of unbranched alkanes of at least 4 members (excludes halogenated alkanes) is 1. The summed E-state index contributed by atoms with van der Waals surface area (Å²) in [6.45, 7) is 10.2. The van der Waals surface area contributed by atoms with Crippen LogP contribution in [0.3, 0.4) is 0 Å². The molecule has 0 unspecified atom stereocenters. The monoisotopic (exact) mass is 283 g/mol. The van der Waals surface area contributed by atoms with Gasteiger partial charge in [0.15, 0.2) is 0 Å². The van der Waals surface area contributed by atoms with E-state index in [1.165, 1.54) is 19.6 Å². The smallest absolute Gasteiger partial charge is 0.409 e. The second-order valence-electron chi connectivity index (χ2n) is 5.95. The molecule has 5 nitrogen and oxygen atoms in total. The Bertz CT molecular complexity index is 285. The molecule has 0 aromatic rings. The van der Waals surface area contributed by atoms with Gasteiger partial charge in [0.25, 0.3) is 0 Å². The van der Waals surface area contributed by atoms with E-state index in [-0.39, 0.29) is 6.09 Å². The fourth-order valence-electron chi connectivity index (χ4n) is 2.95. The number of nitrogens with zero attached hydrogens (tertiary/aromatic N) is 2. The fourth-order valence-corrected chi connectivity index (χ4v) is 2.95. The maximum Gasteiger partial charge on any atom is 0.409 e. The van der Waals surface area contributed by atoms with E-state index in [1.54, 1.807) is 0 Å². The van der Waals surface area contributed by atoms with E-state index in [9.17, 15) is 4.79 Å². The van der Waals surface area contributed by atoms with Gasteiger partial charge in [-0.1, -0.05) is 13.3 Å². The molecule has 1 amide bonds. The molecular formula is C15H29N3O2. The number of hydrogen-bond donors (Lipinski definition) is 1. The third-order valence-corrected chi connectivity index (χ3v) is 4.32. The van der Waals surface area contributed by atoms with Crippen molar-refractivity contribution in [2.24, 2.45) is 5.92 Å². The SMILES string of the molecule is CCCCOC(=O)N1CCC(CN2CCNCC2)CC1. The number of ether oxygens (including phenoxy) is 1. The minimum atomic E-state index is -0.112. The van der Waals surface area contributed by atoms with Crippen molar-refractivity contribution >= 4 is 6.09 Å². The molecule has 1 N–H and O–H groups in total. The number of hydrogen-bond acceptors (Lipinski definition) is 4. The van der Waals surface area contributed by atoms with Gasteiger partial charge in [-0.15, -0.1) is 0 Å². The zero-order chi connectivity index (χ0) is 14.2. The Hall–Kier alpha value is -0.810. The Labute approximate surface area is 122 Å². The van der Waals surface area contributed by atoms with E-state index >= 15 is 0 Å². The Morgan fingerprint density at radius 1 is 1.20 bits per heavy atom. The molecule has 2 aliphatic rings. The molecular weight excluding hydrogens is 254 g/mol. The molecule has 0 aromatic heterocycles.